The molecule has 0 amide bonds. The molecular weight excluding hydrogens is 302 g/mol. The summed E-state index contributed by atoms with van der Waals surface area (Å²) in [6, 6.07) is 5.31. The molecule has 0 aliphatic rings. The minimum absolute atomic E-state index is 0.262. The number of phenols is 2. The van der Waals surface area contributed by atoms with Gasteiger partial charge in [-0.05, 0) is 24.3 Å². The van der Waals surface area contributed by atoms with Crippen molar-refractivity contribution in [2.24, 2.45) is 0 Å². The normalized spacial score (nSPS) is 9.55. The molecule has 0 radical (unpaired) electrons. The minimum atomic E-state index is -1.26. The molecule has 2 rings (SSSR count). The predicted molar refractivity (Wildman–Crippen MR) is 70.0 cm³/mol. The fourth-order valence-corrected chi connectivity index (χ4v) is 1.40. The van der Waals surface area contributed by atoms with E-state index in [2.05, 4.69) is 0 Å². The largest absolute Gasteiger partial charge is 0.508 e. The van der Waals surface area contributed by atoms with Gasteiger partial charge >= 0.3 is 11.9 Å². The Balaban J connectivity index is 0.000000220. The number of rotatable bonds is 2. The fraction of sp³-hybridized carbons (Fsp3) is 0. The third-order valence-electron chi connectivity index (χ3n) is 2.26. The number of phenolic OH excluding ortho intramolecular Hbond substituents is 2. The third kappa shape index (κ3) is 5.08. The van der Waals surface area contributed by atoms with E-state index in [1.165, 1.54) is 0 Å². The van der Waals surface area contributed by atoms with Gasteiger partial charge in [0.1, 0.15) is 23.1 Å². The first kappa shape index (κ1) is 16.9. The van der Waals surface area contributed by atoms with E-state index in [1.807, 2.05) is 0 Å². The molecule has 0 aliphatic heterocycles. The number of hydrogen-bond donors (Lipinski definition) is 4. The van der Waals surface area contributed by atoms with E-state index in [1.54, 1.807) is 0 Å². The Morgan fingerprint density at radius 3 is 1.23 bits per heavy atom. The number of benzene rings is 2. The number of carboxylic acid groups (broad SMARTS) is 2. The van der Waals surface area contributed by atoms with Gasteiger partial charge in [0.15, 0.2) is 0 Å². The first-order valence-corrected chi connectivity index (χ1v) is 5.64. The van der Waals surface area contributed by atoms with Crippen molar-refractivity contribution >= 4 is 11.9 Å². The van der Waals surface area contributed by atoms with E-state index in [0.29, 0.717) is 0 Å². The molecule has 6 nitrogen and oxygen atoms in total. The van der Waals surface area contributed by atoms with Crippen molar-refractivity contribution in [3.8, 4) is 11.5 Å². The lowest BCUT2D eigenvalue weighted by atomic mass is 10.2. The Bertz CT molecular complexity index is 612. The summed E-state index contributed by atoms with van der Waals surface area (Å²) in [5.41, 5.74) is -0.523. The van der Waals surface area contributed by atoms with Crippen LogP contribution in [-0.4, -0.2) is 32.4 Å². The fourth-order valence-electron chi connectivity index (χ4n) is 1.40. The monoisotopic (exact) mass is 312 g/mol. The number of hydrogen-bond acceptors (Lipinski definition) is 4. The van der Waals surface area contributed by atoms with Gasteiger partial charge in [-0.2, -0.15) is 0 Å². The summed E-state index contributed by atoms with van der Waals surface area (Å²) in [6.45, 7) is 0. The van der Waals surface area contributed by atoms with Gasteiger partial charge in [-0.3, -0.25) is 0 Å². The van der Waals surface area contributed by atoms with Gasteiger partial charge in [-0.25, -0.2) is 18.4 Å². The second-order valence-corrected chi connectivity index (χ2v) is 4.01. The number of halogens is 2. The average molecular weight is 312 g/mol. The molecule has 0 fully saturated rings. The third-order valence-corrected chi connectivity index (χ3v) is 2.26. The molecule has 0 atom stereocenters. The van der Waals surface area contributed by atoms with Crippen LogP contribution >= 0.6 is 0 Å². The summed E-state index contributed by atoms with van der Waals surface area (Å²) < 4.78 is 24.7. The second-order valence-electron chi connectivity index (χ2n) is 4.01. The summed E-state index contributed by atoms with van der Waals surface area (Å²) in [5.74, 6) is -4.82. The van der Waals surface area contributed by atoms with Gasteiger partial charge in [-0.15, -0.1) is 0 Å². The maximum absolute atomic E-state index is 12.4. The van der Waals surface area contributed by atoms with E-state index >= 15 is 0 Å². The molecule has 116 valence electrons. The van der Waals surface area contributed by atoms with Crippen molar-refractivity contribution < 1.29 is 38.8 Å². The maximum atomic E-state index is 12.4. The Morgan fingerprint density at radius 2 is 1.00 bits per heavy atom. The lowest BCUT2D eigenvalue weighted by Crippen LogP contribution is -1.96. The van der Waals surface area contributed by atoms with Gasteiger partial charge in [0, 0.05) is 12.1 Å². The van der Waals surface area contributed by atoms with Crippen LogP contribution in [-0.2, 0) is 0 Å². The van der Waals surface area contributed by atoms with Crippen LogP contribution in [0.15, 0.2) is 36.4 Å². The van der Waals surface area contributed by atoms with Crippen LogP contribution in [0.4, 0.5) is 8.78 Å². The zero-order valence-corrected chi connectivity index (χ0v) is 10.8. The van der Waals surface area contributed by atoms with Crippen molar-refractivity contribution in [1.29, 1.82) is 0 Å². The molecule has 0 bridgehead atoms. The molecule has 4 N–H and O–H groups in total. The van der Waals surface area contributed by atoms with E-state index in [9.17, 15) is 18.4 Å². The molecule has 0 aromatic heterocycles. The van der Waals surface area contributed by atoms with Crippen LogP contribution in [0.1, 0.15) is 20.7 Å². The van der Waals surface area contributed by atoms with Gasteiger partial charge in [-0.1, -0.05) is 0 Å². The van der Waals surface area contributed by atoms with E-state index in [-0.39, 0.29) is 22.6 Å². The highest BCUT2D eigenvalue weighted by Gasteiger charge is 2.06. The van der Waals surface area contributed by atoms with Crippen LogP contribution in [0.2, 0.25) is 0 Å². The van der Waals surface area contributed by atoms with Crippen molar-refractivity contribution in [2.45, 2.75) is 0 Å². The molecule has 2 aromatic rings. The Morgan fingerprint density at radius 1 is 0.682 bits per heavy atom. The van der Waals surface area contributed by atoms with Gasteiger partial charge in [0.2, 0.25) is 0 Å². The summed E-state index contributed by atoms with van der Waals surface area (Å²) in [4.78, 5) is 20.5. The first-order valence-electron chi connectivity index (χ1n) is 5.64. The van der Waals surface area contributed by atoms with Crippen molar-refractivity contribution in [2.75, 3.05) is 0 Å². The minimum Gasteiger partial charge on any atom is -0.508 e. The Hall–Kier alpha value is -3.16. The molecule has 22 heavy (non-hydrogen) atoms. The van der Waals surface area contributed by atoms with Crippen LogP contribution in [0, 0.1) is 11.6 Å². The van der Waals surface area contributed by atoms with E-state index in [0.717, 1.165) is 36.4 Å². The molecule has 0 spiro atoms. The quantitative estimate of drug-likeness (QED) is 0.677. The van der Waals surface area contributed by atoms with Crippen molar-refractivity contribution in [1.82, 2.24) is 0 Å². The van der Waals surface area contributed by atoms with Crippen molar-refractivity contribution in [3.05, 3.63) is 59.2 Å². The second kappa shape index (κ2) is 7.02. The van der Waals surface area contributed by atoms with Crippen LogP contribution in [0.25, 0.3) is 0 Å². The molecular formula is C14H10F2O6. The highest BCUT2D eigenvalue weighted by molar-refractivity contribution is 5.88. The summed E-state index contributed by atoms with van der Waals surface area (Å²) in [7, 11) is 0. The molecule has 0 aliphatic carbocycles. The van der Waals surface area contributed by atoms with Crippen LogP contribution < -0.4 is 0 Å². The van der Waals surface area contributed by atoms with Crippen LogP contribution in [0.3, 0.4) is 0 Å². The summed E-state index contributed by atoms with van der Waals surface area (Å²) >= 11 is 0. The number of aromatic carboxylic acids is 2. The standard InChI is InChI=1S/2C7H5FO3/c2*8-5-1-4(7(10)11)2-6(9)3-5/h2*1-3,9H,(H,10,11). The zero-order chi connectivity index (χ0) is 16.9. The molecule has 0 saturated carbocycles. The number of carboxylic acids is 2. The van der Waals surface area contributed by atoms with Gasteiger partial charge < -0.3 is 20.4 Å². The predicted octanol–water partition coefficient (Wildman–Crippen LogP) is 2.46. The van der Waals surface area contributed by atoms with Gasteiger partial charge in [0.25, 0.3) is 0 Å². The van der Waals surface area contributed by atoms with Gasteiger partial charge in [0.05, 0.1) is 11.1 Å². The maximum Gasteiger partial charge on any atom is 0.335 e. The van der Waals surface area contributed by atoms with E-state index in [4.69, 9.17) is 20.4 Å². The highest BCUT2D eigenvalue weighted by Crippen LogP contribution is 2.14. The van der Waals surface area contributed by atoms with E-state index < -0.39 is 23.6 Å². The number of carbonyl (C=O) groups is 2. The Kier molecular flexibility index (Phi) is 5.39. The molecule has 0 unspecified atom stereocenters. The SMILES string of the molecule is O=C(O)c1cc(O)cc(F)c1.O=C(O)c1cc(O)cc(F)c1. The molecule has 8 heteroatoms. The summed E-state index contributed by atoms with van der Waals surface area (Å²) in [6.07, 6.45) is 0. The number of aromatic hydroxyl groups is 2. The molecule has 0 saturated heterocycles. The summed E-state index contributed by atoms with van der Waals surface area (Å²) in [5, 5.41) is 34.2. The Labute approximate surface area is 122 Å². The first-order chi connectivity index (χ1) is 10.2. The lowest BCUT2D eigenvalue weighted by Gasteiger charge is -1.95. The van der Waals surface area contributed by atoms with Crippen LogP contribution in [0.5, 0.6) is 11.5 Å². The lowest BCUT2D eigenvalue weighted by molar-refractivity contribution is 0.0685. The van der Waals surface area contributed by atoms with Crippen molar-refractivity contribution in [3.63, 3.8) is 0 Å². The topological polar surface area (TPSA) is 115 Å². The molecule has 0 heterocycles. The zero-order valence-electron chi connectivity index (χ0n) is 10.8. The highest BCUT2D eigenvalue weighted by atomic mass is 19.1. The average Bonchev–Trinajstić information content (AvgIpc) is 2.37. The smallest absolute Gasteiger partial charge is 0.335 e. The molecule has 2 aromatic carbocycles.